The number of hydrogen-bond donors (Lipinski definition) is 0. The molecule has 0 saturated carbocycles. The van der Waals surface area contributed by atoms with Crippen LogP contribution in [0.15, 0.2) is 11.6 Å². The molecule has 0 rings (SSSR count). The van der Waals surface area contributed by atoms with E-state index in [2.05, 4.69) is 26.8 Å². The van der Waals surface area contributed by atoms with E-state index in [0.29, 0.717) is 5.78 Å². The molecule has 1 atom stereocenters. The fourth-order valence-corrected chi connectivity index (χ4v) is 0.998. The highest BCUT2D eigenvalue weighted by atomic mass is 16.1. The van der Waals surface area contributed by atoms with Gasteiger partial charge in [0.15, 0.2) is 0 Å². The van der Waals surface area contributed by atoms with Gasteiger partial charge in [0.05, 0.1) is 0 Å². The maximum absolute atomic E-state index is 11.0. The average Bonchev–Trinajstić information content (AvgIpc) is 1.87. The van der Waals surface area contributed by atoms with Crippen molar-refractivity contribution in [3.8, 4) is 0 Å². The molecule has 1 nitrogen and oxygen atoms in total. The lowest BCUT2D eigenvalue weighted by molar-refractivity contribution is -0.120. The Morgan fingerprint density at radius 1 is 1.36 bits per heavy atom. The topological polar surface area (TPSA) is 17.1 Å². The Morgan fingerprint density at radius 3 is 2.18 bits per heavy atom. The first kappa shape index (κ1) is 10.4. The molecule has 0 aliphatic heterocycles. The highest BCUT2D eigenvalue weighted by Gasteiger charge is 2.08. The van der Waals surface area contributed by atoms with Crippen molar-refractivity contribution in [2.45, 2.75) is 40.5 Å². The summed E-state index contributed by atoms with van der Waals surface area (Å²) in [6.07, 6.45) is 4.00. The lowest BCUT2D eigenvalue weighted by atomic mass is 9.97. The number of hydrogen-bond acceptors (Lipinski definition) is 1. The summed E-state index contributed by atoms with van der Waals surface area (Å²) in [5.74, 6) is 0.551. The van der Waals surface area contributed by atoms with Gasteiger partial charge in [-0.2, -0.15) is 0 Å². The lowest BCUT2D eigenvalue weighted by Crippen LogP contribution is -2.08. The van der Waals surface area contributed by atoms with Gasteiger partial charge in [-0.3, -0.25) is 4.79 Å². The molecule has 0 bridgehead atoms. The summed E-state index contributed by atoms with van der Waals surface area (Å²) in [5, 5.41) is 0. The highest BCUT2D eigenvalue weighted by molar-refractivity contribution is 5.78. The van der Waals surface area contributed by atoms with Crippen LogP contribution in [0.3, 0.4) is 0 Å². The van der Waals surface area contributed by atoms with Crippen LogP contribution in [0.25, 0.3) is 0 Å². The molecule has 64 valence electrons. The number of allylic oxidation sites excluding steroid dienone is 2. The van der Waals surface area contributed by atoms with Crippen LogP contribution in [0.2, 0.25) is 0 Å². The summed E-state index contributed by atoms with van der Waals surface area (Å²) in [4.78, 5) is 11.0. The van der Waals surface area contributed by atoms with Crippen molar-refractivity contribution in [1.82, 2.24) is 0 Å². The van der Waals surface area contributed by atoms with Gasteiger partial charge in [-0.25, -0.2) is 0 Å². The predicted octanol–water partition coefficient (Wildman–Crippen LogP) is 2.96. The van der Waals surface area contributed by atoms with Crippen LogP contribution < -0.4 is 0 Å². The maximum atomic E-state index is 11.0. The standard InChI is InChI=1S/C10H18O/c1-5-10(9(4)11)7-6-8(2)3/h6,10H,5,7H2,1-4H3. The molecule has 0 N–H and O–H groups in total. The van der Waals surface area contributed by atoms with Crippen molar-refractivity contribution in [3.63, 3.8) is 0 Å². The summed E-state index contributed by atoms with van der Waals surface area (Å²) in [6.45, 7) is 7.86. The van der Waals surface area contributed by atoms with E-state index in [0.717, 1.165) is 12.8 Å². The van der Waals surface area contributed by atoms with E-state index in [9.17, 15) is 4.79 Å². The number of ketones is 1. The van der Waals surface area contributed by atoms with Crippen LogP contribution >= 0.6 is 0 Å². The van der Waals surface area contributed by atoms with E-state index in [-0.39, 0.29) is 5.92 Å². The normalized spacial score (nSPS) is 12.4. The second-order valence-corrected chi connectivity index (χ2v) is 3.23. The first-order chi connectivity index (χ1) is 5.07. The van der Waals surface area contributed by atoms with Crippen molar-refractivity contribution in [2.75, 3.05) is 0 Å². The Bertz CT molecular complexity index is 152. The van der Waals surface area contributed by atoms with Gasteiger partial charge in [0.25, 0.3) is 0 Å². The van der Waals surface area contributed by atoms with E-state index in [1.165, 1.54) is 5.57 Å². The van der Waals surface area contributed by atoms with Crippen molar-refractivity contribution in [3.05, 3.63) is 11.6 Å². The van der Waals surface area contributed by atoms with Gasteiger partial charge in [-0.15, -0.1) is 0 Å². The Morgan fingerprint density at radius 2 is 1.91 bits per heavy atom. The van der Waals surface area contributed by atoms with Crippen molar-refractivity contribution < 1.29 is 4.79 Å². The second kappa shape index (κ2) is 5.11. The third-order valence-corrected chi connectivity index (χ3v) is 1.88. The molecule has 11 heavy (non-hydrogen) atoms. The molecular formula is C10H18O. The van der Waals surface area contributed by atoms with Gasteiger partial charge in [-0.05, 0) is 33.6 Å². The Hall–Kier alpha value is -0.590. The third-order valence-electron chi connectivity index (χ3n) is 1.88. The fourth-order valence-electron chi connectivity index (χ4n) is 0.998. The number of rotatable bonds is 4. The molecule has 0 amide bonds. The van der Waals surface area contributed by atoms with Crippen molar-refractivity contribution in [2.24, 2.45) is 5.92 Å². The van der Waals surface area contributed by atoms with Gasteiger partial charge in [0, 0.05) is 5.92 Å². The SMILES string of the molecule is CCC(CC=C(C)C)C(C)=O. The van der Waals surface area contributed by atoms with Gasteiger partial charge < -0.3 is 0 Å². The summed E-state index contributed by atoms with van der Waals surface area (Å²) in [7, 11) is 0. The van der Waals surface area contributed by atoms with Gasteiger partial charge in [-0.1, -0.05) is 18.6 Å². The lowest BCUT2D eigenvalue weighted by Gasteiger charge is -2.07. The molecule has 0 aromatic carbocycles. The van der Waals surface area contributed by atoms with E-state index < -0.39 is 0 Å². The summed E-state index contributed by atoms with van der Waals surface area (Å²) < 4.78 is 0. The zero-order valence-corrected chi connectivity index (χ0v) is 7.98. The van der Waals surface area contributed by atoms with Gasteiger partial charge in [0.1, 0.15) is 5.78 Å². The van der Waals surface area contributed by atoms with Crippen molar-refractivity contribution in [1.29, 1.82) is 0 Å². The molecule has 0 fully saturated rings. The van der Waals surface area contributed by atoms with Crippen LogP contribution in [0, 0.1) is 5.92 Å². The minimum Gasteiger partial charge on any atom is -0.300 e. The van der Waals surface area contributed by atoms with E-state index in [1.807, 2.05) is 0 Å². The van der Waals surface area contributed by atoms with Crippen LogP contribution in [-0.4, -0.2) is 5.78 Å². The molecule has 0 spiro atoms. The summed E-state index contributed by atoms with van der Waals surface area (Å²) in [6, 6.07) is 0. The van der Waals surface area contributed by atoms with Gasteiger partial charge in [0.2, 0.25) is 0 Å². The van der Waals surface area contributed by atoms with Crippen LogP contribution in [-0.2, 0) is 4.79 Å². The first-order valence-electron chi connectivity index (χ1n) is 4.21. The predicted molar refractivity (Wildman–Crippen MR) is 48.5 cm³/mol. The Balaban J connectivity index is 3.89. The second-order valence-electron chi connectivity index (χ2n) is 3.23. The largest absolute Gasteiger partial charge is 0.300 e. The smallest absolute Gasteiger partial charge is 0.133 e. The van der Waals surface area contributed by atoms with Gasteiger partial charge >= 0.3 is 0 Å². The zero-order chi connectivity index (χ0) is 8.85. The first-order valence-corrected chi connectivity index (χ1v) is 4.21. The summed E-state index contributed by atoms with van der Waals surface area (Å²) in [5.41, 5.74) is 1.30. The molecule has 1 unspecified atom stereocenters. The molecule has 1 heteroatoms. The maximum Gasteiger partial charge on any atom is 0.133 e. The fraction of sp³-hybridized carbons (Fsp3) is 0.700. The minimum absolute atomic E-state index is 0.241. The highest BCUT2D eigenvalue weighted by Crippen LogP contribution is 2.11. The number of carbonyl (C=O) groups excluding carboxylic acids is 1. The summed E-state index contributed by atoms with van der Waals surface area (Å²) >= 11 is 0. The molecule has 0 heterocycles. The molecule has 0 aromatic rings. The minimum atomic E-state index is 0.241. The molecule has 0 aliphatic carbocycles. The molecule has 0 aliphatic rings. The van der Waals surface area contributed by atoms with Crippen LogP contribution in [0.1, 0.15) is 40.5 Å². The van der Waals surface area contributed by atoms with E-state index in [4.69, 9.17) is 0 Å². The van der Waals surface area contributed by atoms with Crippen LogP contribution in [0.4, 0.5) is 0 Å². The monoisotopic (exact) mass is 154 g/mol. The Kier molecular flexibility index (Phi) is 4.84. The molecular weight excluding hydrogens is 136 g/mol. The number of carbonyl (C=O) groups is 1. The Labute approximate surface area is 69.5 Å². The average molecular weight is 154 g/mol. The quantitative estimate of drug-likeness (QED) is 0.569. The third kappa shape index (κ3) is 4.77. The zero-order valence-electron chi connectivity index (χ0n) is 7.98. The van der Waals surface area contributed by atoms with E-state index >= 15 is 0 Å². The number of Topliss-reactive ketones (excluding diaryl/α,β-unsaturated/α-hetero) is 1. The molecule has 0 aromatic heterocycles. The van der Waals surface area contributed by atoms with E-state index in [1.54, 1.807) is 6.92 Å². The molecule has 0 radical (unpaired) electrons. The van der Waals surface area contributed by atoms with Crippen molar-refractivity contribution >= 4 is 5.78 Å². The molecule has 0 saturated heterocycles. The van der Waals surface area contributed by atoms with Crippen LogP contribution in [0.5, 0.6) is 0 Å².